The number of nitrogens with two attached hydrogens (primary N) is 2. The van der Waals surface area contributed by atoms with Crippen LogP contribution in [0.15, 0.2) is 48.5 Å². The SMILES string of the molecule is N[C@@H](Cc1cc(I)c(Oc2cc(I)c(O)c(I)c2)c(I)c1)C(=O)[O-].N[C@@H](Cc1cc(I)c(Oc2cc(I)c(O)c(I)c2)c(I)c1)C(=O)[O-].[Na+].[Na+]. The van der Waals surface area contributed by atoms with E-state index in [0.29, 0.717) is 37.3 Å². The van der Waals surface area contributed by atoms with E-state index < -0.39 is 24.0 Å². The number of aromatic hydroxyl groups is 2. The average molecular weight is 1600 g/mol. The van der Waals surface area contributed by atoms with E-state index in [1.807, 2.05) is 115 Å². The van der Waals surface area contributed by atoms with Gasteiger partial charge in [-0.3, -0.25) is 0 Å². The van der Waals surface area contributed by atoms with Gasteiger partial charge in [-0.2, -0.15) is 0 Å². The minimum atomic E-state index is -1.27. The molecule has 0 fully saturated rings. The molecule has 0 spiro atoms. The van der Waals surface area contributed by atoms with Gasteiger partial charge in [0.2, 0.25) is 0 Å². The van der Waals surface area contributed by atoms with E-state index in [1.54, 1.807) is 24.3 Å². The summed E-state index contributed by atoms with van der Waals surface area (Å²) in [4.78, 5) is 21.6. The number of hydrogen-bond acceptors (Lipinski definition) is 10. The molecule has 20 heteroatoms. The minimum absolute atomic E-state index is 0. The number of halogens is 8. The van der Waals surface area contributed by atoms with Crippen LogP contribution in [0, 0.1) is 28.6 Å². The molecule has 10 nitrogen and oxygen atoms in total. The van der Waals surface area contributed by atoms with Crippen LogP contribution < -0.4 is 90.3 Å². The van der Waals surface area contributed by atoms with Gasteiger partial charge in [-0.1, -0.05) is 0 Å². The van der Waals surface area contributed by atoms with Crippen LogP contribution in [0.5, 0.6) is 34.5 Å². The van der Waals surface area contributed by atoms with E-state index in [9.17, 15) is 30.0 Å². The van der Waals surface area contributed by atoms with E-state index in [4.69, 9.17) is 20.9 Å². The maximum absolute atomic E-state index is 10.8. The maximum atomic E-state index is 10.8. The summed E-state index contributed by atoms with van der Waals surface area (Å²) in [6.45, 7) is 0. The number of rotatable bonds is 10. The Morgan fingerprint density at radius 3 is 1.00 bits per heavy atom. The van der Waals surface area contributed by atoms with E-state index in [2.05, 4.69) is 90.4 Å². The van der Waals surface area contributed by atoms with Gasteiger partial charge in [-0.15, -0.1) is 0 Å². The monoisotopic (exact) mass is 1600 g/mol. The first-order valence-electron chi connectivity index (χ1n) is 13.0. The van der Waals surface area contributed by atoms with E-state index >= 15 is 0 Å². The summed E-state index contributed by atoms with van der Waals surface area (Å²) in [5, 5.41) is 41.2. The van der Waals surface area contributed by atoms with Gasteiger partial charge >= 0.3 is 59.1 Å². The zero-order valence-electron chi connectivity index (χ0n) is 25.7. The normalized spacial score (nSPS) is 11.6. The molecule has 50 heavy (non-hydrogen) atoms. The number of aliphatic carboxylic acids is 2. The molecule has 0 radical (unpaired) electrons. The molecule has 0 aliphatic carbocycles. The topological polar surface area (TPSA) is 191 Å². The molecule has 0 aliphatic heterocycles. The standard InChI is InChI=1S/2C15H11I4NO4.2Na/c2*16-8-4-7(5-9(17)13(8)21)24-14-10(18)1-6(2-11(14)19)3-12(20)15(22)23;;/h2*1-2,4-5,12,21H,3,20H2,(H,22,23);;/q;;2*+1/p-2/t2*12-;;/m00../s1. The zero-order valence-corrected chi connectivity index (χ0v) is 47.0. The number of carbonyl (C=O) groups excluding carboxylic acids is 2. The second-order valence-electron chi connectivity index (χ2n) is 9.71. The van der Waals surface area contributed by atoms with Crippen LogP contribution in [0.1, 0.15) is 11.1 Å². The Morgan fingerprint density at radius 2 is 0.780 bits per heavy atom. The number of phenolic OH excluding ortho intramolecular Hbond substituents is 2. The van der Waals surface area contributed by atoms with Crippen LogP contribution in [0.2, 0.25) is 0 Å². The van der Waals surface area contributed by atoms with Crippen molar-refractivity contribution in [3.63, 3.8) is 0 Å². The van der Waals surface area contributed by atoms with Crippen molar-refractivity contribution in [1.82, 2.24) is 0 Å². The minimum Gasteiger partial charge on any atom is -0.548 e. The Kier molecular flexibility index (Phi) is 24.3. The summed E-state index contributed by atoms with van der Waals surface area (Å²) in [5.74, 6) is 0.535. The van der Waals surface area contributed by atoms with Gasteiger partial charge in [-0.25, -0.2) is 0 Å². The predicted octanol–water partition coefficient (Wildman–Crippen LogP) is 0.453. The maximum Gasteiger partial charge on any atom is 1.00 e. The molecule has 256 valence electrons. The molecule has 0 aromatic heterocycles. The van der Waals surface area contributed by atoms with Gasteiger partial charge in [0.05, 0.1) is 40.5 Å². The molecule has 6 N–H and O–H groups in total. The third-order valence-corrected chi connectivity index (χ3v) is 12.5. The number of carbonyl (C=O) groups is 2. The smallest absolute Gasteiger partial charge is 0.548 e. The van der Waals surface area contributed by atoms with Crippen LogP contribution in [0.4, 0.5) is 0 Å². The summed E-state index contributed by atoms with van der Waals surface area (Å²) >= 11 is 16.7. The molecule has 0 amide bonds. The zero-order chi connectivity index (χ0) is 36.0. The molecule has 0 saturated carbocycles. The van der Waals surface area contributed by atoms with Crippen LogP contribution in [0.3, 0.4) is 0 Å². The summed E-state index contributed by atoms with van der Waals surface area (Å²) in [6.07, 6.45) is 0.396. The summed E-state index contributed by atoms with van der Waals surface area (Å²) in [7, 11) is 0. The first kappa shape index (κ1) is 50.8. The first-order valence-corrected chi connectivity index (χ1v) is 21.6. The van der Waals surface area contributed by atoms with E-state index in [0.717, 1.165) is 25.4 Å². The Balaban J connectivity index is 0.000000481. The Morgan fingerprint density at radius 1 is 0.540 bits per heavy atom. The van der Waals surface area contributed by atoms with Crippen LogP contribution in [0.25, 0.3) is 0 Å². The number of benzene rings is 4. The number of carboxylic acids is 2. The second kappa shape index (κ2) is 23.9. The van der Waals surface area contributed by atoms with Gasteiger partial charge in [0, 0.05) is 12.1 Å². The molecule has 2 atom stereocenters. The molecule has 4 aromatic rings. The van der Waals surface area contributed by atoms with Gasteiger partial charge in [0.25, 0.3) is 0 Å². The molecule has 0 unspecified atom stereocenters. The fourth-order valence-corrected chi connectivity index (χ4v) is 11.4. The Labute approximate surface area is 441 Å². The fraction of sp³-hybridized carbons (Fsp3) is 0.133. The van der Waals surface area contributed by atoms with Crippen molar-refractivity contribution in [3.8, 4) is 34.5 Å². The van der Waals surface area contributed by atoms with Gasteiger partial charge < -0.3 is 51.0 Å². The van der Waals surface area contributed by atoms with Gasteiger partial charge in [-0.05, 0) is 253 Å². The molecule has 0 heterocycles. The van der Waals surface area contributed by atoms with Crippen LogP contribution in [-0.4, -0.2) is 34.2 Å². The third-order valence-electron chi connectivity index (χ3n) is 6.05. The average Bonchev–Trinajstić information content (AvgIpc) is 2.98. The summed E-state index contributed by atoms with van der Waals surface area (Å²) in [5.41, 5.74) is 12.7. The van der Waals surface area contributed by atoms with Crippen molar-refractivity contribution in [1.29, 1.82) is 0 Å². The Hall–Kier alpha value is 2.78. The largest absolute Gasteiger partial charge is 1.00 e. The number of phenols is 2. The molecular weight excluding hydrogens is 1580 g/mol. The van der Waals surface area contributed by atoms with Crippen molar-refractivity contribution in [2.75, 3.05) is 0 Å². The molecule has 0 saturated heterocycles. The second-order valence-corrected chi connectivity index (χ2v) is 19.0. The quantitative estimate of drug-likeness (QED) is 0.128. The van der Waals surface area contributed by atoms with E-state index in [-0.39, 0.29) is 83.5 Å². The van der Waals surface area contributed by atoms with Crippen LogP contribution >= 0.6 is 181 Å². The summed E-state index contributed by atoms with van der Waals surface area (Å²) in [6, 6.07) is 12.3. The fourth-order valence-electron chi connectivity index (χ4n) is 3.77. The van der Waals surface area contributed by atoms with Crippen molar-refractivity contribution in [3.05, 3.63) is 88.2 Å². The number of carboxylic acid groups (broad SMARTS) is 2. The molecule has 0 aliphatic rings. The number of hydrogen-bond donors (Lipinski definition) is 4. The Bertz CT molecular complexity index is 1650. The van der Waals surface area contributed by atoms with E-state index in [1.165, 1.54) is 0 Å². The molecule has 4 aromatic carbocycles. The van der Waals surface area contributed by atoms with Gasteiger partial charge in [0.15, 0.2) is 11.5 Å². The number of ether oxygens (including phenoxy) is 2. The predicted molar refractivity (Wildman–Crippen MR) is 244 cm³/mol. The van der Waals surface area contributed by atoms with Crippen LogP contribution in [-0.2, 0) is 22.4 Å². The van der Waals surface area contributed by atoms with Crippen molar-refractivity contribution in [2.24, 2.45) is 11.5 Å². The summed E-state index contributed by atoms with van der Waals surface area (Å²) < 4.78 is 18.1. The van der Waals surface area contributed by atoms with Crippen molar-refractivity contribution in [2.45, 2.75) is 24.9 Å². The molecule has 0 bridgehead atoms. The van der Waals surface area contributed by atoms with Crippen molar-refractivity contribution < 1.29 is 98.6 Å². The van der Waals surface area contributed by atoms with Gasteiger partial charge in [0.1, 0.15) is 23.0 Å². The molecule has 4 rings (SSSR count). The van der Waals surface area contributed by atoms with Crippen molar-refractivity contribution >= 4 is 193 Å². The third kappa shape index (κ3) is 15.3. The molecular formula is C30H20I8N2Na2O8. The first-order chi connectivity index (χ1) is 22.4.